The molecule has 2 fully saturated rings. The average Bonchev–Trinajstić information content (AvgIpc) is 3.00. The van der Waals surface area contributed by atoms with Crippen LogP contribution in [0.4, 0.5) is 0 Å². The van der Waals surface area contributed by atoms with Gasteiger partial charge in [-0.05, 0) is 37.2 Å². The van der Waals surface area contributed by atoms with Gasteiger partial charge in [-0.2, -0.15) is 10.2 Å². The summed E-state index contributed by atoms with van der Waals surface area (Å²) in [5, 5.41) is 8.09. The summed E-state index contributed by atoms with van der Waals surface area (Å²) < 4.78 is 2.69. The Morgan fingerprint density at radius 1 is 1.08 bits per heavy atom. The molecule has 4 rings (SSSR count). The summed E-state index contributed by atoms with van der Waals surface area (Å²) >= 11 is 0. The van der Waals surface area contributed by atoms with Gasteiger partial charge in [0.15, 0.2) is 0 Å². The summed E-state index contributed by atoms with van der Waals surface area (Å²) in [4.78, 5) is 27.2. The van der Waals surface area contributed by atoms with E-state index in [9.17, 15) is 9.59 Å². The maximum Gasteiger partial charge on any atom is 0.293 e. The van der Waals surface area contributed by atoms with E-state index in [-0.39, 0.29) is 18.0 Å². The smallest absolute Gasteiger partial charge is 0.293 e. The van der Waals surface area contributed by atoms with Crippen molar-refractivity contribution >= 4 is 11.4 Å². The average molecular weight is 343 g/mol. The van der Waals surface area contributed by atoms with Gasteiger partial charge in [0.05, 0.1) is 6.20 Å². The molecule has 0 unspecified atom stereocenters. The molecular weight excluding hydrogens is 318 g/mol. The lowest BCUT2D eigenvalue weighted by Gasteiger charge is -2.42. The zero-order valence-corrected chi connectivity index (χ0v) is 14.6. The third-order valence-electron chi connectivity index (χ3n) is 5.89. The van der Waals surface area contributed by atoms with Gasteiger partial charge in [0.25, 0.3) is 5.56 Å². The number of carbonyl (C=O) groups excluding carboxylic acids is 1. The second-order valence-corrected chi connectivity index (χ2v) is 7.59. The molecular formula is C18H25N5O2. The predicted octanol–water partition coefficient (Wildman–Crippen LogP) is 1.85. The van der Waals surface area contributed by atoms with Crippen LogP contribution in [0.5, 0.6) is 0 Å². The fourth-order valence-electron chi connectivity index (χ4n) is 4.52. The van der Waals surface area contributed by atoms with Crippen molar-refractivity contribution in [2.45, 2.75) is 57.9 Å². The Bertz CT molecular complexity index is 816. The van der Waals surface area contributed by atoms with Crippen LogP contribution in [-0.2, 0) is 11.3 Å². The van der Waals surface area contributed by atoms with Crippen LogP contribution in [0.25, 0.3) is 5.52 Å². The number of piperidine rings is 1. The summed E-state index contributed by atoms with van der Waals surface area (Å²) in [7, 11) is 0. The second kappa shape index (κ2) is 6.61. The molecule has 1 aliphatic carbocycles. The SMILES string of the molecule is O=C(Cn1ncn2nccc2c1=O)N1CCCC2(CCCCCC2)C1. The number of hydrogen-bond donors (Lipinski definition) is 0. The van der Waals surface area contributed by atoms with Crippen molar-refractivity contribution in [3.63, 3.8) is 0 Å². The molecule has 1 aliphatic heterocycles. The minimum Gasteiger partial charge on any atom is -0.341 e. The van der Waals surface area contributed by atoms with E-state index >= 15 is 0 Å². The molecule has 1 amide bonds. The maximum atomic E-state index is 12.8. The highest BCUT2D eigenvalue weighted by atomic mass is 16.2. The van der Waals surface area contributed by atoms with Crippen molar-refractivity contribution in [2.24, 2.45) is 5.41 Å². The van der Waals surface area contributed by atoms with E-state index < -0.39 is 0 Å². The number of aromatic nitrogens is 4. The van der Waals surface area contributed by atoms with E-state index in [2.05, 4.69) is 10.2 Å². The largest absolute Gasteiger partial charge is 0.341 e. The van der Waals surface area contributed by atoms with E-state index in [1.165, 1.54) is 60.5 Å². The van der Waals surface area contributed by atoms with Gasteiger partial charge < -0.3 is 4.90 Å². The topological polar surface area (TPSA) is 72.5 Å². The summed E-state index contributed by atoms with van der Waals surface area (Å²) in [5.74, 6) is 0.00165. The molecule has 1 saturated heterocycles. The first-order chi connectivity index (χ1) is 12.2. The molecule has 2 aliphatic rings. The number of likely N-dealkylation sites (tertiary alicyclic amines) is 1. The van der Waals surface area contributed by atoms with Crippen LogP contribution in [0.2, 0.25) is 0 Å². The fourth-order valence-corrected chi connectivity index (χ4v) is 4.52. The summed E-state index contributed by atoms with van der Waals surface area (Å²) in [5.41, 5.74) is 0.481. The van der Waals surface area contributed by atoms with Crippen molar-refractivity contribution < 1.29 is 4.79 Å². The van der Waals surface area contributed by atoms with Crippen LogP contribution >= 0.6 is 0 Å². The molecule has 0 radical (unpaired) electrons. The van der Waals surface area contributed by atoms with Gasteiger partial charge in [0, 0.05) is 13.1 Å². The van der Waals surface area contributed by atoms with Crippen molar-refractivity contribution in [1.29, 1.82) is 0 Å². The van der Waals surface area contributed by atoms with Crippen LogP contribution in [0, 0.1) is 5.41 Å². The van der Waals surface area contributed by atoms with Gasteiger partial charge in [-0.3, -0.25) is 9.59 Å². The number of amides is 1. The number of hydrogen-bond acceptors (Lipinski definition) is 4. The van der Waals surface area contributed by atoms with Crippen molar-refractivity contribution in [3.8, 4) is 0 Å². The maximum absolute atomic E-state index is 12.8. The molecule has 25 heavy (non-hydrogen) atoms. The third kappa shape index (κ3) is 3.19. The molecule has 0 aromatic carbocycles. The number of rotatable bonds is 2. The van der Waals surface area contributed by atoms with Gasteiger partial charge in [-0.25, -0.2) is 9.20 Å². The van der Waals surface area contributed by atoms with E-state index in [4.69, 9.17) is 0 Å². The molecule has 2 aromatic rings. The zero-order valence-electron chi connectivity index (χ0n) is 14.6. The predicted molar refractivity (Wildman–Crippen MR) is 93.2 cm³/mol. The summed E-state index contributed by atoms with van der Waals surface area (Å²) in [6.07, 6.45) is 13.0. The normalized spacial score (nSPS) is 20.7. The van der Waals surface area contributed by atoms with E-state index in [0.29, 0.717) is 10.9 Å². The lowest BCUT2D eigenvalue weighted by atomic mass is 9.74. The van der Waals surface area contributed by atoms with E-state index in [0.717, 1.165) is 19.5 Å². The Morgan fingerprint density at radius 3 is 2.64 bits per heavy atom. The van der Waals surface area contributed by atoms with Crippen LogP contribution in [0.1, 0.15) is 51.4 Å². The Morgan fingerprint density at radius 2 is 1.84 bits per heavy atom. The van der Waals surface area contributed by atoms with E-state index in [1.807, 2.05) is 4.90 Å². The van der Waals surface area contributed by atoms with Gasteiger partial charge in [-0.15, -0.1) is 0 Å². The lowest BCUT2D eigenvalue weighted by Crippen LogP contribution is -2.48. The van der Waals surface area contributed by atoms with Crippen LogP contribution < -0.4 is 5.56 Å². The molecule has 3 heterocycles. The Kier molecular flexibility index (Phi) is 4.31. The first-order valence-corrected chi connectivity index (χ1v) is 9.34. The quantitative estimate of drug-likeness (QED) is 0.834. The monoisotopic (exact) mass is 343 g/mol. The van der Waals surface area contributed by atoms with Gasteiger partial charge in [0.2, 0.25) is 5.91 Å². The molecule has 0 N–H and O–H groups in total. The number of nitrogens with zero attached hydrogens (tertiary/aromatic N) is 5. The molecule has 1 spiro atoms. The molecule has 134 valence electrons. The number of carbonyl (C=O) groups is 1. The van der Waals surface area contributed by atoms with Crippen molar-refractivity contribution in [2.75, 3.05) is 13.1 Å². The minimum absolute atomic E-state index is 0.00165. The molecule has 0 bridgehead atoms. The summed E-state index contributed by atoms with van der Waals surface area (Å²) in [6, 6.07) is 1.65. The second-order valence-electron chi connectivity index (χ2n) is 7.59. The molecule has 0 atom stereocenters. The van der Waals surface area contributed by atoms with Gasteiger partial charge >= 0.3 is 0 Å². The standard InChI is InChI=1S/C18H25N5O2/c24-16(12-22-17(25)15-6-10-19-23(15)14-20-22)21-11-5-9-18(13-21)7-3-1-2-4-8-18/h6,10,14H,1-5,7-9,11-13H2. The molecule has 2 aromatic heterocycles. The van der Waals surface area contributed by atoms with Crippen LogP contribution in [0.15, 0.2) is 23.4 Å². The van der Waals surface area contributed by atoms with Crippen LogP contribution in [-0.4, -0.2) is 43.3 Å². The fraction of sp³-hybridized carbons (Fsp3) is 0.667. The van der Waals surface area contributed by atoms with E-state index in [1.54, 1.807) is 12.3 Å². The zero-order chi connectivity index (χ0) is 17.3. The highest BCUT2D eigenvalue weighted by molar-refractivity contribution is 5.76. The first-order valence-electron chi connectivity index (χ1n) is 9.34. The first kappa shape index (κ1) is 16.3. The molecule has 7 nitrogen and oxygen atoms in total. The van der Waals surface area contributed by atoms with Crippen LogP contribution in [0.3, 0.4) is 0 Å². The van der Waals surface area contributed by atoms with Crippen molar-refractivity contribution in [1.82, 2.24) is 24.3 Å². The molecule has 7 heteroatoms. The van der Waals surface area contributed by atoms with Gasteiger partial charge in [0.1, 0.15) is 18.4 Å². The lowest BCUT2D eigenvalue weighted by molar-refractivity contribution is -0.136. The Balaban J connectivity index is 1.50. The highest BCUT2D eigenvalue weighted by Crippen LogP contribution is 2.42. The van der Waals surface area contributed by atoms with Crippen molar-refractivity contribution in [3.05, 3.63) is 28.9 Å². The minimum atomic E-state index is -0.269. The third-order valence-corrected chi connectivity index (χ3v) is 5.89. The van der Waals surface area contributed by atoms with Gasteiger partial charge in [-0.1, -0.05) is 25.7 Å². The summed E-state index contributed by atoms with van der Waals surface area (Å²) in [6.45, 7) is 1.65. The number of fused-ring (bicyclic) bond motifs is 1. The Hall–Kier alpha value is -2.18. The molecule has 1 saturated carbocycles. The highest BCUT2D eigenvalue weighted by Gasteiger charge is 2.37. The Labute approximate surface area is 146 Å².